The summed E-state index contributed by atoms with van der Waals surface area (Å²) >= 11 is 0. The van der Waals surface area contributed by atoms with Gasteiger partial charge in [0.1, 0.15) is 18.4 Å². The molecule has 6 nitrogen and oxygen atoms in total. The van der Waals surface area contributed by atoms with E-state index < -0.39 is 12.8 Å². The Morgan fingerprint density at radius 3 is 2.37 bits per heavy atom. The summed E-state index contributed by atoms with van der Waals surface area (Å²) in [5.41, 5.74) is 1.22. The molecule has 0 radical (unpaired) electrons. The van der Waals surface area contributed by atoms with Crippen LogP contribution >= 0.6 is 0 Å². The minimum absolute atomic E-state index is 0. The number of amides is 1. The number of benzene rings is 1. The van der Waals surface area contributed by atoms with Gasteiger partial charge in [-0.25, -0.2) is 4.98 Å². The molecule has 1 atom stereocenters. The summed E-state index contributed by atoms with van der Waals surface area (Å²) in [5, 5.41) is 6.10. The van der Waals surface area contributed by atoms with E-state index in [-0.39, 0.29) is 20.6 Å². The molecule has 1 heterocycles. The number of rotatable bonds is 8. The van der Waals surface area contributed by atoms with Gasteiger partial charge in [-0.15, -0.1) is 0 Å². The maximum atomic E-state index is 12.4. The SMILES string of the molecule is C=O.CC(C)CNc1cc(C(C)NC(=O)c2ccc(OCC(F)(F)F)cc2)ccn1.[HH].[HH]. The Labute approximate surface area is 176 Å². The van der Waals surface area contributed by atoms with Crippen LogP contribution in [-0.4, -0.2) is 37.0 Å². The van der Waals surface area contributed by atoms with Gasteiger partial charge in [-0.2, -0.15) is 13.2 Å². The number of nitrogens with one attached hydrogen (secondary N) is 2. The molecular formula is C21H30F3N3O3. The van der Waals surface area contributed by atoms with Gasteiger partial charge in [0.15, 0.2) is 6.61 Å². The quantitative estimate of drug-likeness (QED) is 0.625. The van der Waals surface area contributed by atoms with Gasteiger partial charge >= 0.3 is 6.18 Å². The summed E-state index contributed by atoms with van der Waals surface area (Å²) in [6, 6.07) is 8.96. The van der Waals surface area contributed by atoms with Gasteiger partial charge in [0.25, 0.3) is 5.91 Å². The van der Waals surface area contributed by atoms with Crippen LogP contribution in [-0.2, 0) is 4.79 Å². The summed E-state index contributed by atoms with van der Waals surface area (Å²) in [6.45, 7) is 7.46. The van der Waals surface area contributed by atoms with Gasteiger partial charge in [-0.1, -0.05) is 13.8 Å². The maximum Gasteiger partial charge on any atom is 0.422 e. The molecule has 1 aromatic carbocycles. The highest BCUT2D eigenvalue weighted by atomic mass is 19.4. The van der Waals surface area contributed by atoms with Crippen molar-refractivity contribution in [1.82, 2.24) is 10.3 Å². The summed E-state index contributed by atoms with van der Waals surface area (Å²) in [5.74, 6) is 0.935. The van der Waals surface area contributed by atoms with Crippen LogP contribution in [0.3, 0.4) is 0 Å². The van der Waals surface area contributed by atoms with Gasteiger partial charge in [-0.05, 0) is 54.8 Å². The van der Waals surface area contributed by atoms with Gasteiger partial charge in [0.2, 0.25) is 0 Å². The molecule has 30 heavy (non-hydrogen) atoms. The molecule has 1 amide bonds. The summed E-state index contributed by atoms with van der Waals surface area (Å²) in [4.78, 5) is 24.7. The second kappa shape index (κ2) is 11.8. The average molecular weight is 429 g/mol. The third kappa shape index (κ3) is 8.93. The Kier molecular flexibility index (Phi) is 9.80. The van der Waals surface area contributed by atoms with E-state index in [1.807, 2.05) is 25.8 Å². The molecule has 168 valence electrons. The molecule has 0 aliphatic heterocycles. The van der Waals surface area contributed by atoms with E-state index in [0.29, 0.717) is 11.5 Å². The van der Waals surface area contributed by atoms with E-state index in [2.05, 4.69) is 34.2 Å². The largest absolute Gasteiger partial charge is 0.484 e. The number of hydrogen-bond donors (Lipinski definition) is 2. The maximum absolute atomic E-state index is 12.4. The molecule has 0 saturated heterocycles. The molecule has 0 aliphatic rings. The average Bonchev–Trinajstić information content (AvgIpc) is 2.72. The highest BCUT2D eigenvalue weighted by Gasteiger charge is 2.28. The van der Waals surface area contributed by atoms with E-state index >= 15 is 0 Å². The van der Waals surface area contributed by atoms with Crippen molar-refractivity contribution in [3.63, 3.8) is 0 Å². The fourth-order valence-electron chi connectivity index (χ4n) is 2.35. The van der Waals surface area contributed by atoms with E-state index in [1.54, 1.807) is 6.20 Å². The van der Waals surface area contributed by atoms with Crippen molar-refractivity contribution >= 4 is 18.5 Å². The van der Waals surface area contributed by atoms with Crippen LogP contribution in [0.2, 0.25) is 0 Å². The molecule has 2 rings (SSSR count). The van der Waals surface area contributed by atoms with Gasteiger partial charge < -0.3 is 20.2 Å². The number of hydrogen-bond acceptors (Lipinski definition) is 5. The molecule has 9 heteroatoms. The highest BCUT2D eigenvalue weighted by Crippen LogP contribution is 2.20. The molecule has 1 unspecified atom stereocenters. The molecular weight excluding hydrogens is 399 g/mol. The molecule has 2 aromatic rings. The Morgan fingerprint density at radius 2 is 1.80 bits per heavy atom. The van der Waals surface area contributed by atoms with Crippen LogP contribution < -0.4 is 15.4 Å². The van der Waals surface area contributed by atoms with Gasteiger partial charge in [0.05, 0.1) is 6.04 Å². The lowest BCUT2D eigenvalue weighted by Gasteiger charge is -2.16. The number of pyridine rings is 1. The van der Waals surface area contributed by atoms with Crippen molar-refractivity contribution in [1.29, 1.82) is 0 Å². The normalized spacial score (nSPS) is 11.8. The number of halogens is 3. The second-order valence-electron chi connectivity index (χ2n) is 6.87. The zero-order valence-electron chi connectivity index (χ0n) is 17.1. The minimum Gasteiger partial charge on any atom is -0.484 e. The van der Waals surface area contributed by atoms with Crippen molar-refractivity contribution in [3.8, 4) is 5.75 Å². The van der Waals surface area contributed by atoms with Crippen LogP contribution in [0.4, 0.5) is 19.0 Å². The van der Waals surface area contributed by atoms with Crippen LogP contribution in [0.5, 0.6) is 5.75 Å². The number of carbonyl (C=O) groups is 2. The zero-order valence-corrected chi connectivity index (χ0v) is 17.1. The van der Waals surface area contributed by atoms with Crippen molar-refractivity contribution < 1.29 is 30.4 Å². The third-order valence-corrected chi connectivity index (χ3v) is 3.84. The van der Waals surface area contributed by atoms with E-state index in [0.717, 1.165) is 17.9 Å². The molecule has 1 aromatic heterocycles. The van der Waals surface area contributed by atoms with Crippen LogP contribution in [0.15, 0.2) is 42.6 Å². The molecule has 0 spiro atoms. The molecule has 0 aliphatic carbocycles. The predicted octanol–water partition coefficient (Wildman–Crippen LogP) is 4.89. The van der Waals surface area contributed by atoms with Crippen molar-refractivity contribution in [2.75, 3.05) is 18.5 Å². The predicted molar refractivity (Wildman–Crippen MR) is 113 cm³/mol. The smallest absolute Gasteiger partial charge is 0.422 e. The van der Waals surface area contributed by atoms with E-state index in [9.17, 15) is 18.0 Å². The highest BCUT2D eigenvalue weighted by molar-refractivity contribution is 5.94. The first-order chi connectivity index (χ1) is 14.1. The standard InChI is InChI=1S/C20H24F3N3O2.CH2O.2H2/c1-13(2)11-25-18-10-16(8-9-24-18)14(3)26-19(27)15-4-6-17(7-5-15)28-12-20(21,22)23;1-2;;/h4-10,13-14H,11-12H2,1-3H3,(H,24,25)(H,26,27);1H2;2*1H. The molecule has 2 N–H and O–H groups in total. The Bertz CT molecular complexity index is 807. The summed E-state index contributed by atoms with van der Waals surface area (Å²) in [7, 11) is 0. The fraction of sp³-hybridized carbons (Fsp3) is 0.381. The van der Waals surface area contributed by atoms with Crippen molar-refractivity contribution in [2.24, 2.45) is 5.92 Å². The first-order valence-corrected chi connectivity index (χ1v) is 9.23. The van der Waals surface area contributed by atoms with E-state index in [4.69, 9.17) is 4.79 Å². The zero-order chi connectivity index (χ0) is 22.7. The number of anilines is 1. The molecule has 0 saturated carbocycles. The summed E-state index contributed by atoms with van der Waals surface area (Å²) in [6.07, 6.45) is -2.73. The second-order valence-corrected chi connectivity index (χ2v) is 6.87. The Balaban J connectivity index is 0. The first kappa shape index (κ1) is 24.9. The lowest BCUT2D eigenvalue weighted by Crippen LogP contribution is -2.26. The van der Waals surface area contributed by atoms with Crippen molar-refractivity contribution in [3.05, 3.63) is 53.7 Å². The monoisotopic (exact) mass is 429 g/mol. The Hall–Kier alpha value is -3.10. The number of ether oxygens (including phenoxy) is 1. The van der Waals surface area contributed by atoms with Gasteiger partial charge in [0, 0.05) is 21.2 Å². The van der Waals surface area contributed by atoms with Crippen LogP contribution in [0.25, 0.3) is 0 Å². The Morgan fingerprint density at radius 1 is 1.17 bits per heavy atom. The van der Waals surface area contributed by atoms with Crippen LogP contribution in [0.1, 0.15) is 45.6 Å². The number of alkyl halides is 3. The van der Waals surface area contributed by atoms with Gasteiger partial charge in [-0.3, -0.25) is 4.79 Å². The first-order valence-electron chi connectivity index (χ1n) is 9.23. The number of carbonyl (C=O) groups excluding carboxylic acids is 2. The number of nitrogens with zero attached hydrogens (tertiary/aromatic N) is 1. The molecule has 0 bridgehead atoms. The topological polar surface area (TPSA) is 80.3 Å². The lowest BCUT2D eigenvalue weighted by atomic mass is 10.1. The van der Waals surface area contributed by atoms with Crippen molar-refractivity contribution in [2.45, 2.75) is 33.0 Å². The number of aromatic nitrogens is 1. The molecule has 0 fully saturated rings. The van der Waals surface area contributed by atoms with Crippen LogP contribution in [0, 0.1) is 5.92 Å². The fourth-order valence-corrected chi connectivity index (χ4v) is 2.35. The third-order valence-electron chi connectivity index (χ3n) is 3.84. The lowest BCUT2D eigenvalue weighted by molar-refractivity contribution is -0.153. The minimum atomic E-state index is -4.40. The van der Waals surface area contributed by atoms with E-state index in [1.165, 1.54) is 24.3 Å². The summed E-state index contributed by atoms with van der Waals surface area (Å²) < 4.78 is 41.2.